The Morgan fingerprint density at radius 3 is 2.21 bits per heavy atom. The largest absolute Gasteiger partial charge is 0.497 e. The Balaban J connectivity index is 2.16. The number of carbonyl (C=O) groups is 2. The minimum Gasteiger partial charge on any atom is -0.497 e. The Labute approximate surface area is 171 Å². The van der Waals surface area contributed by atoms with Gasteiger partial charge in [-0.1, -0.05) is 0 Å². The number of hydrogen-bond donors (Lipinski definition) is 0. The van der Waals surface area contributed by atoms with Crippen LogP contribution in [0.3, 0.4) is 0 Å². The van der Waals surface area contributed by atoms with E-state index < -0.39 is 16.1 Å². The number of methoxy groups -OCH3 is 2. The molecule has 0 saturated carbocycles. The SMILES string of the molecule is CCOC(=O)N1CCN(C(=O)CN(c2cc(OC)ccc2OC)S(C)(=O)=O)CC1. The fraction of sp³-hybridized carbons (Fsp3) is 0.556. The number of rotatable bonds is 7. The van der Waals surface area contributed by atoms with Crippen LogP contribution in [0.5, 0.6) is 11.5 Å². The van der Waals surface area contributed by atoms with Crippen LogP contribution in [-0.2, 0) is 19.6 Å². The predicted octanol–water partition coefficient (Wildman–Crippen LogP) is 0.771. The van der Waals surface area contributed by atoms with E-state index in [9.17, 15) is 18.0 Å². The molecule has 10 nitrogen and oxygen atoms in total. The summed E-state index contributed by atoms with van der Waals surface area (Å²) in [5.41, 5.74) is 0.216. The van der Waals surface area contributed by atoms with Gasteiger partial charge in [0.05, 0.1) is 32.8 Å². The summed E-state index contributed by atoms with van der Waals surface area (Å²) >= 11 is 0. The number of sulfonamides is 1. The molecule has 0 N–H and O–H groups in total. The van der Waals surface area contributed by atoms with Crippen LogP contribution in [0.15, 0.2) is 18.2 Å². The van der Waals surface area contributed by atoms with E-state index >= 15 is 0 Å². The second-order valence-corrected chi connectivity index (χ2v) is 8.28. The van der Waals surface area contributed by atoms with Crippen molar-refractivity contribution in [2.45, 2.75) is 6.92 Å². The van der Waals surface area contributed by atoms with Gasteiger partial charge in [-0.3, -0.25) is 9.10 Å². The molecule has 29 heavy (non-hydrogen) atoms. The molecule has 1 aromatic carbocycles. The van der Waals surface area contributed by atoms with Crippen molar-refractivity contribution >= 4 is 27.7 Å². The zero-order valence-corrected chi connectivity index (χ0v) is 17.9. The first-order valence-electron chi connectivity index (χ1n) is 9.10. The van der Waals surface area contributed by atoms with Crippen LogP contribution in [-0.4, -0.2) is 90.0 Å². The topological polar surface area (TPSA) is 106 Å². The first kappa shape index (κ1) is 22.6. The molecule has 1 fully saturated rings. The van der Waals surface area contributed by atoms with E-state index in [0.717, 1.165) is 10.6 Å². The average Bonchev–Trinajstić information content (AvgIpc) is 2.70. The van der Waals surface area contributed by atoms with Crippen molar-refractivity contribution in [3.8, 4) is 11.5 Å². The molecule has 0 aliphatic carbocycles. The third kappa shape index (κ3) is 5.66. The summed E-state index contributed by atoms with van der Waals surface area (Å²) in [5.74, 6) is 0.366. The zero-order valence-electron chi connectivity index (χ0n) is 17.1. The maximum atomic E-state index is 12.8. The third-order valence-electron chi connectivity index (χ3n) is 4.49. The summed E-state index contributed by atoms with van der Waals surface area (Å²) < 4.78 is 41.2. The maximum absolute atomic E-state index is 12.8. The van der Waals surface area contributed by atoms with Gasteiger partial charge in [0, 0.05) is 32.2 Å². The average molecular weight is 429 g/mol. The van der Waals surface area contributed by atoms with Gasteiger partial charge in [0.25, 0.3) is 0 Å². The lowest BCUT2D eigenvalue weighted by atomic mass is 10.2. The highest BCUT2D eigenvalue weighted by molar-refractivity contribution is 7.92. The van der Waals surface area contributed by atoms with Gasteiger partial charge in [-0.25, -0.2) is 13.2 Å². The molecule has 0 aromatic heterocycles. The molecule has 2 rings (SSSR count). The van der Waals surface area contributed by atoms with Crippen molar-refractivity contribution < 1.29 is 32.2 Å². The standard InChI is InChI=1S/C18H27N3O7S/c1-5-28-18(23)20-10-8-19(9-11-20)17(22)13-21(29(4,24)25)15-12-14(26-2)6-7-16(15)27-3/h6-7,12H,5,8-11,13H2,1-4H3. The lowest BCUT2D eigenvalue weighted by Gasteiger charge is -2.35. The quantitative estimate of drug-likeness (QED) is 0.630. The molecule has 1 saturated heterocycles. The van der Waals surface area contributed by atoms with E-state index in [4.69, 9.17) is 14.2 Å². The van der Waals surface area contributed by atoms with Crippen LogP contribution in [0, 0.1) is 0 Å². The van der Waals surface area contributed by atoms with Crippen molar-refractivity contribution in [2.75, 3.05) is 64.1 Å². The van der Waals surface area contributed by atoms with E-state index in [-0.39, 0.29) is 24.7 Å². The number of ether oxygens (including phenoxy) is 3. The lowest BCUT2D eigenvalue weighted by molar-refractivity contribution is -0.131. The summed E-state index contributed by atoms with van der Waals surface area (Å²) in [6.45, 7) is 2.86. The van der Waals surface area contributed by atoms with Gasteiger partial charge in [-0.2, -0.15) is 0 Å². The number of nitrogens with zero attached hydrogens (tertiary/aromatic N) is 3. The molecule has 2 amide bonds. The summed E-state index contributed by atoms with van der Waals surface area (Å²) in [4.78, 5) is 27.6. The van der Waals surface area contributed by atoms with Crippen molar-refractivity contribution in [1.29, 1.82) is 0 Å². The maximum Gasteiger partial charge on any atom is 0.409 e. The molecule has 0 spiro atoms. The van der Waals surface area contributed by atoms with Crippen LogP contribution in [0.4, 0.5) is 10.5 Å². The van der Waals surface area contributed by atoms with Gasteiger partial charge in [-0.15, -0.1) is 0 Å². The molecule has 0 unspecified atom stereocenters. The van der Waals surface area contributed by atoms with E-state index in [1.807, 2.05) is 0 Å². The zero-order chi connectivity index (χ0) is 21.6. The summed E-state index contributed by atoms with van der Waals surface area (Å²) in [7, 11) is -0.893. The van der Waals surface area contributed by atoms with E-state index in [2.05, 4.69) is 0 Å². The highest BCUT2D eigenvalue weighted by Gasteiger charge is 2.29. The number of anilines is 1. The first-order chi connectivity index (χ1) is 13.7. The van der Waals surface area contributed by atoms with Crippen LogP contribution >= 0.6 is 0 Å². The van der Waals surface area contributed by atoms with E-state index in [0.29, 0.717) is 37.7 Å². The molecular formula is C18H27N3O7S. The minimum atomic E-state index is -3.78. The highest BCUT2D eigenvalue weighted by atomic mass is 32.2. The van der Waals surface area contributed by atoms with Gasteiger partial charge < -0.3 is 24.0 Å². The van der Waals surface area contributed by atoms with Crippen LogP contribution in [0.1, 0.15) is 6.92 Å². The van der Waals surface area contributed by atoms with E-state index in [1.165, 1.54) is 30.1 Å². The number of amides is 2. The normalized spacial score (nSPS) is 14.3. The van der Waals surface area contributed by atoms with Crippen molar-refractivity contribution in [1.82, 2.24) is 9.80 Å². The highest BCUT2D eigenvalue weighted by Crippen LogP contribution is 2.33. The Morgan fingerprint density at radius 2 is 1.69 bits per heavy atom. The number of piperazine rings is 1. The molecule has 1 aliphatic heterocycles. The van der Waals surface area contributed by atoms with Crippen LogP contribution in [0.2, 0.25) is 0 Å². The van der Waals surface area contributed by atoms with Gasteiger partial charge in [-0.05, 0) is 19.1 Å². The fourth-order valence-corrected chi connectivity index (χ4v) is 3.79. The number of benzene rings is 1. The van der Waals surface area contributed by atoms with Gasteiger partial charge >= 0.3 is 6.09 Å². The van der Waals surface area contributed by atoms with Crippen LogP contribution in [0.25, 0.3) is 0 Å². The van der Waals surface area contributed by atoms with Gasteiger partial charge in [0.15, 0.2) is 0 Å². The Kier molecular flexibility index (Phi) is 7.54. The van der Waals surface area contributed by atoms with Gasteiger partial charge in [0.1, 0.15) is 18.0 Å². The summed E-state index contributed by atoms with van der Waals surface area (Å²) in [6.07, 6.45) is 0.608. The minimum absolute atomic E-state index is 0.216. The molecule has 0 bridgehead atoms. The lowest BCUT2D eigenvalue weighted by Crippen LogP contribution is -2.53. The smallest absolute Gasteiger partial charge is 0.409 e. The second-order valence-electron chi connectivity index (χ2n) is 6.37. The summed E-state index contributed by atoms with van der Waals surface area (Å²) in [5, 5.41) is 0. The van der Waals surface area contributed by atoms with Crippen molar-refractivity contribution in [3.63, 3.8) is 0 Å². The Bertz CT molecular complexity index is 836. The molecule has 1 aromatic rings. The predicted molar refractivity (Wildman–Crippen MR) is 107 cm³/mol. The Hall–Kier alpha value is -2.69. The second kappa shape index (κ2) is 9.68. The molecule has 1 aliphatic rings. The first-order valence-corrected chi connectivity index (χ1v) is 10.9. The molecule has 1 heterocycles. The van der Waals surface area contributed by atoms with Crippen LogP contribution < -0.4 is 13.8 Å². The van der Waals surface area contributed by atoms with Crippen molar-refractivity contribution in [3.05, 3.63) is 18.2 Å². The Morgan fingerprint density at radius 1 is 1.07 bits per heavy atom. The molecule has 162 valence electrons. The molecule has 0 radical (unpaired) electrons. The van der Waals surface area contributed by atoms with Gasteiger partial charge in [0.2, 0.25) is 15.9 Å². The number of hydrogen-bond acceptors (Lipinski definition) is 7. The van der Waals surface area contributed by atoms with Crippen molar-refractivity contribution in [2.24, 2.45) is 0 Å². The molecular weight excluding hydrogens is 402 g/mol. The van der Waals surface area contributed by atoms with E-state index in [1.54, 1.807) is 19.1 Å². The third-order valence-corrected chi connectivity index (χ3v) is 5.62. The molecule has 11 heteroatoms. The monoisotopic (exact) mass is 429 g/mol. The summed E-state index contributed by atoms with van der Waals surface area (Å²) in [6, 6.07) is 4.72. The fourth-order valence-electron chi connectivity index (χ4n) is 2.95. The number of carbonyl (C=O) groups excluding carboxylic acids is 2. The molecule has 0 atom stereocenters.